The Bertz CT molecular complexity index is 493. The molecule has 2 saturated carbocycles. The van der Waals surface area contributed by atoms with Gasteiger partial charge < -0.3 is 17.1 Å². The van der Waals surface area contributed by atoms with Crippen LogP contribution in [0.4, 0.5) is 0 Å². The molecular formula is C26H53Cl2NOSiTi-2. The first kappa shape index (κ1) is 33.4. The number of rotatable bonds is 9. The van der Waals surface area contributed by atoms with Gasteiger partial charge >= 0.3 is 35.6 Å². The fraction of sp³-hybridized carbons (Fsp3) is 0.962. The Balaban J connectivity index is 0.00000227. The second-order valence-corrected chi connectivity index (χ2v) is 19.2. The quantitative estimate of drug-likeness (QED) is 0.162. The molecule has 0 aromatic rings. The topological polar surface area (TPSA) is 23.3 Å². The third-order valence-electron chi connectivity index (χ3n) is 7.09. The maximum absolute atomic E-state index is 5.87. The molecule has 192 valence electrons. The van der Waals surface area contributed by atoms with Gasteiger partial charge in [-0.3, -0.25) is 0 Å². The molecule has 4 unspecified atom stereocenters. The first-order valence-electron chi connectivity index (χ1n) is 12.6. The van der Waals surface area contributed by atoms with Crippen LogP contribution in [0.2, 0.25) is 18.6 Å². The van der Waals surface area contributed by atoms with Crippen LogP contribution in [-0.4, -0.2) is 26.0 Å². The van der Waals surface area contributed by atoms with E-state index in [1.165, 1.54) is 64.2 Å². The average molecular weight is 543 g/mol. The van der Waals surface area contributed by atoms with Gasteiger partial charge in [0.2, 0.25) is 0 Å². The second-order valence-electron chi connectivity index (χ2n) is 12.4. The van der Waals surface area contributed by atoms with E-state index in [2.05, 4.69) is 54.6 Å². The number of ether oxygens (including phenoxy) is 1. The molecule has 32 heavy (non-hydrogen) atoms. The predicted octanol–water partition coefficient (Wildman–Crippen LogP) is 10.2. The van der Waals surface area contributed by atoms with Crippen molar-refractivity contribution in [2.24, 2.45) is 17.8 Å². The van der Waals surface area contributed by atoms with E-state index in [9.17, 15) is 0 Å². The van der Waals surface area contributed by atoms with Gasteiger partial charge in [0.05, 0.1) is 5.60 Å². The van der Waals surface area contributed by atoms with E-state index in [-0.39, 0.29) is 18.6 Å². The molecular weight excluding hydrogens is 489 g/mol. The SMILES string of the molecule is CC(C)(C)[N-][Si](C)(C)C1CC(CCCCCCOC(C)(C)C)C2CCCCC21.[CH3-].[Cl][Ti][Cl]. The third kappa shape index (κ3) is 12.9. The molecule has 0 aromatic carbocycles. The number of hydrogen-bond acceptors (Lipinski definition) is 1. The minimum absolute atomic E-state index is 0. The van der Waals surface area contributed by atoms with Crippen molar-refractivity contribution in [2.45, 2.75) is 136 Å². The Morgan fingerprint density at radius 3 is 1.97 bits per heavy atom. The van der Waals surface area contributed by atoms with Gasteiger partial charge in [0.1, 0.15) is 0 Å². The fourth-order valence-electron chi connectivity index (χ4n) is 6.28. The van der Waals surface area contributed by atoms with E-state index in [1.807, 2.05) is 0 Å². The fourth-order valence-corrected chi connectivity index (χ4v) is 10.5. The van der Waals surface area contributed by atoms with Crippen LogP contribution < -0.4 is 0 Å². The summed E-state index contributed by atoms with van der Waals surface area (Å²) in [5.41, 5.74) is 1.08. The van der Waals surface area contributed by atoms with Crippen molar-refractivity contribution in [3.8, 4) is 0 Å². The Hall–Kier alpha value is 1.43. The van der Waals surface area contributed by atoms with Crippen LogP contribution in [0, 0.1) is 25.2 Å². The Morgan fingerprint density at radius 2 is 1.44 bits per heavy atom. The van der Waals surface area contributed by atoms with Gasteiger partial charge in [-0.15, -0.1) is 5.54 Å². The summed E-state index contributed by atoms with van der Waals surface area (Å²) in [5, 5.41) is 0. The van der Waals surface area contributed by atoms with Crippen LogP contribution in [0.1, 0.15) is 106 Å². The van der Waals surface area contributed by atoms with Crippen LogP contribution in [0.25, 0.3) is 4.98 Å². The molecule has 6 heteroatoms. The Labute approximate surface area is 219 Å². The van der Waals surface area contributed by atoms with Crippen LogP contribution in [0.5, 0.6) is 0 Å². The van der Waals surface area contributed by atoms with E-state index in [0.29, 0.717) is 0 Å². The summed E-state index contributed by atoms with van der Waals surface area (Å²) in [4.78, 5) is 5.42. The van der Waals surface area contributed by atoms with Crippen molar-refractivity contribution in [2.75, 3.05) is 6.61 Å². The molecule has 0 N–H and O–H groups in total. The normalized spacial score (nSPS) is 25.9. The summed E-state index contributed by atoms with van der Waals surface area (Å²) >= 11 is -0.556. The van der Waals surface area contributed by atoms with Crippen molar-refractivity contribution in [3.63, 3.8) is 0 Å². The average Bonchev–Trinajstić information content (AvgIpc) is 2.98. The van der Waals surface area contributed by atoms with Gasteiger partial charge in [0, 0.05) is 6.61 Å². The van der Waals surface area contributed by atoms with Crippen molar-refractivity contribution in [1.29, 1.82) is 0 Å². The number of hydrogen-bond donors (Lipinski definition) is 0. The van der Waals surface area contributed by atoms with Crippen molar-refractivity contribution >= 4 is 26.8 Å². The van der Waals surface area contributed by atoms with Crippen molar-refractivity contribution in [3.05, 3.63) is 12.4 Å². The summed E-state index contributed by atoms with van der Waals surface area (Å²) < 4.78 is 5.87. The molecule has 0 radical (unpaired) electrons. The standard InChI is InChI=1S/C25H50NOSi.CH3.2ClH.Ti/c1-24(2,3)26-28(7,8)23-19-20(21-16-12-13-17-22(21)23)15-11-9-10-14-18-27-25(4,5)6;;;;/h20-23H,9-19H2,1-8H3;1H3;2*1H;/q2*-1;;;+2/p-2. The summed E-state index contributed by atoms with van der Waals surface area (Å²) in [6.45, 7) is 19.4. The predicted molar refractivity (Wildman–Crippen MR) is 145 cm³/mol. The molecule has 2 nitrogen and oxygen atoms in total. The molecule has 0 bridgehead atoms. The first-order valence-corrected chi connectivity index (χ1v) is 20.0. The number of nitrogens with zero attached hydrogens (tertiary/aromatic N) is 1. The third-order valence-corrected chi connectivity index (χ3v) is 10.8. The molecule has 2 aliphatic carbocycles. The van der Waals surface area contributed by atoms with E-state index < -0.39 is 25.3 Å². The second kappa shape index (κ2) is 15.5. The summed E-state index contributed by atoms with van der Waals surface area (Å²) in [7, 11) is 8.25. The molecule has 0 aromatic heterocycles. The van der Waals surface area contributed by atoms with Crippen LogP contribution >= 0.6 is 18.6 Å². The van der Waals surface area contributed by atoms with E-state index in [1.54, 1.807) is 0 Å². The van der Waals surface area contributed by atoms with Crippen molar-refractivity contribution in [1.82, 2.24) is 0 Å². The zero-order valence-corrected chi connectivity index (χ0v) is 26.8. The molecule has 0 heterocycles. The first-order chi connectivity index (χ1) is 14.3. The Morgan fingerprint density at radius 1 is 0.906 bits per heavy atom. The van der Waals surface area contributed by atoms with Crippen LogP contribution in [0.15, 0.2) is 0 Å². The molecule has 0 amide bonds. The summed E-state index contributed by atoms with van der Waals surface area (Å²) in [6.07, 6.45) is 14.3. The minimum atomic E-state index is -1.53. The molecule has 2 aliphatic rings. The van der Waals surface area contributed by atoms with Crippen LogP contribution in [-0.2, 0) is 21.8 Å². The monoisotopic (exact) mass is 541 g/mol. The zero-order valence-electron chi connectivity index (χ0n) is 22.7. The zero-order chi connectivity index (χ0) is 23.7. The Kier molecular flexibility index (Phi) is 16.2. The van der Waals surface area contributed by atoms with E-state index in [0.717, 1.165) is 29.9 Å². The molecule has 2 rings (SSSR count). The molecule has 0 saturated heterocycles. The van der Waals surface area contributed by atoms with Crippen LogP contribution in [0.3, 0.4) is 0 Å². The van der Waals surface area contributed by atoms with Gasteiger partial charge in [-0.1, -0.05) is 99.0 Å². The van der Waals surface area contributed by atoms with Gasteiger partial charge in [0.15, 0.2) is 0 Å². The van der Waals surface area contributed by atoms with E-state index >= 15 is 0 Å². The molecule has 4 atom stereocenters. The van der Waals surface area contributed by atoms with Gasteiger partial charge in [-0.2, -0.15) is 0 Å². The molecule has 2 fully saturated rings. The molecule has 0 spiro atoms. The molecule has 0 aliphatic heterocycles. The number of unbranched alkanes of at least 4 members (excludes halogenated alkanes) is 3. The number of fused-ring (bicyclic) bond motifs is 1. The van der Waals surface area contributed by atoms with Gasteiger partial charge in [-0.25, -0.2) is 0 Å². The van der Waals surface area contributed by atoms with Gasteiger partial charge in [-0.05, 0) is 51.4 Å². The van der Waals surface area contributed by atoms with Crippen molar-refractivity contribution < 1.29 is 21.8 Å². The summed E-state index contributed by atoms with van der Waals surface area (Å²) in [5.74, 6) is 3.00. The maximum atomic E-state index is 5.87. The van der Waals surface area contributed by atoms with Gasteiger partial charge in [0.25, 0.3) is 0 Å². The van der Waals surface area contributed by atoms with E-state index in [4.69, 9.17) is 28.3 Å². The number of halogens is 2. The summed E-state index contributed by atoms with van der Waals surface area (Å²) in [6, 6.07) is 0.